The molecule has 1 aromatic carbocycles. The Morgan fingerprint density at radius 1 is 1.33 bits per heavy atom. The summed E-state index contributed by atoms with van der Waals surface area (Å²) in [6.45, 7) is 4.37. The number of halogens is 1. The summed E-state index contributed by atoms with van der Waals surface area (Å²) in [7, 11) is 0. The van der Waals surface area contributed by atoms with E-state index in [4.69, 9.17) is 11.6 Å². The number of rotatable bonds is 2. The highest BCUT2D eigenvalue weighted by atomic mass is 35.5. The standard InChI is InChI=1S/C10H13ClS/c1-7(2)8-5-4-6-9(11)10(8)12-3/h4-7H,1-3H3. The molecule has 2 heteroatoms. The number of benzene rings is 1. The van der Waals surface area contributed by atoms with E-state index in [1.165, 1.54) is 10.5 Å². The van der Waals surface area contributed by atoms with Crippen LogP contribution in [0.25, 0.3) is 0 Å². The smallest absolute Gasteiger partial charge is 0.0544 e. The molecular formula is C10H13ClS. The number of hydrogen-bond acceptors (Lipinski definition) is 1. The molecule has 0 spiro atoms. The molecule has 1 aromatic rings. The van der Waals surface area contributed by atoms with E-state index in [0.29, 0.717) is 5.92 Å². The maximum absolute atomic E-state index is 6.05. The first kappa shape index (κ1) is 9.94. The molecule has 12 heavy (non-hydrogen) atoms. The molecule has 66 valence electrons. The van der Waals surface area contributed by atoms with Crippen LogP contribution in [-0.2, 0) is 0 Å². The van der Waals surface area contributed by atoms with Crippen molar-refractivity contribution in [3.8, 4) is 0 Å². The summed E-state index contributed by atoms with van der Waals surface area (Å²) in [6, 6.07) is 6.10. The van der Waals surface area contributed by atoms with Crippen molar-refractivity contribution in [1.82, 2.24) is 0 Å². The molecule has 0 aliphatic heterocycles. The van der Waals surface area contributed by atoms with Gasteiger partial charge in [-0.3, -0.25) is 0 Å². The summed E-state index contributed by atoms with van der Waals surface area (Å²) in [5.74, 6) is 0.547. The van der Waals surface area contributed by atoms with Crippen LogP contribution in [0.15, 0.2) is 23.1 Å². The van der Waals surface area contributed by atoms with E-state index in [1.54, 1.807) is 11.8 Å². The van der Waals surface area contributed by atoms with Gasteiger partial charge >= 0.3 is 0 Å². The van der Waals surface area contributed by atoms with Crippen molar-refractivity contribution in [2.24, 2.45) is 0 Å². The molecule has 0 unspecified atom stereocenters. The molecule has 0 radical (unpaired) electrons. The van der Waals surface area contributed by atoms with Gasteiger partial charge in [0.2, 0.25) is 0 Å². The second-order valence-corrected chi connectivity index (χ2v) is 4.24. The van der Waals surface area contributed by atoms with Gasteiger partial charge in [0.05, 0.1) is 5.02 Å². The first-order chi connectivity index (χ1) is 5.66. The van der Waals surface area contributed by atoms with Crippen molar-refractivity contribution in [3.05, 3.63) is 28.8 Å². The first-order valence-electron chi connectivity index (χ1n) is 3.99. The molecule has 0 N–H and O–H groups in total. The molecule has 0 aliphatic rings. The third kappa shape index (κ3) is 1.96. The Bertz CT molecular complexity index is 269. The van der Waals surface area contributed by atoms with Crippen molar-refractivity contribution >= 4 is 23.4 Å². The van der Waals surface area contributed by atoms with Crippen molar-refractivity contribution in [2.75, 3.05) is 6.26 Å². The van der Waals surface area contributed by atoms with E-state index in [9.17, 15) is 0 Å². The van der Waals surface area contributed by atoms with E-state index in [1.807, 2.05) is 12.1 Å². The van der Waals surface area contributed by atoms with E-state index >= 15 is 0 Å². The Labute approximate surface area is 83.3 Å². The quantitative estimate of drug-likeness (QED) is 0.646. The molecule has 0 saturated carbocycles. The first-order valence-corrected chi connectivity index (χ1v) is 5.59. The lowest BCUT2D eigenvalue weighted by molar-refractivity contribution is 0.843. The maximum Gasteiger partial charge on any atom is 0.0544 e. The normalized spacial score (nSPS) is 10.8. The van der Waals surface area contributed by atoms with Gasteiger partial charge < -0.3 is 0 Å². The molecule has 0 aromatic heterocycles. The van der Waals surface area contributed by atoms with Crippen LogP contribution in [-0.4, -0.2) is 6.26 Å². The Morgan fingerprint density at radius 2 is 2.00 bits per heavy atom. The van der Waals surface area contributed by atoms with Crippen LogP contribution < -0.4 is 0 Å². The Kier molecular flexibility index (Phi) is 3.48. The van der Waals surface area contributed by atoms with Gasteiger partial charge in [0, 0.05) is 4.90 Å². The third-order valence-corrected chi connectivity index (χ3v) is 3.11. The Hall–Kier alpha value is -0.140. The Morgan fingerprint density at radius 3 is 2.42 bits per heavy atom. The molecular weight excluding hydrogens is 188 g/mol. The SMILES string of the molecule is CSc1c(Cl)cccc1C(C)C. The summed E-state index contributed by atoms with van der Waals surface area (Å²) in [5, 5.41) is 0.869. The average molecular weight is 201 g/mol. The molecule has 0 aliphatic carbocycles. The molecule has 0 fully saturated rings. The van der Waals surface area contributed by atoms with Gasteiger partial charge in [0.15, 0.2) is 0 Å². The highest BCUT2D eigenvalue weighted by Gasteiger charge is 2.07. The molecule has 0 heterocycles. The van der Waals surface area contributed by atoms with E-state index in [-0.39, 0.29) is 0 Å². The lowest BCUT2D eigenvalue weighted by atomic mass is 10.0. The second kappa shape index (κ2) is 4.20. The van der Waals surface area contributed by atoms with Crippen molar-refractivity contribution in [2.45, 2.75) is 24.7 Å². The van der Waals surface area contributed by atoms with Gasteiger partial charge in [0.1, 0.15) is 0 Å². The fraction of sp³-hybridized carbons (Fsp3) is 0.400. The number of thioether (sulfide) groups is 1. The van der Waals surface area contributed by atoms with Crippen LogP contribution >= 0.6 is 23.4 Å². The van der Waals surface area contributed by atoms with Crippen LogP contribution in [0.4, 0.5) is 0 Å². The molecule has 0 nitrogen and oxygen atoms in total. The minimum atomic E-state index is 0.547. The highest BCUT2D eigenvalue weighted by Crippen LogP contribution is 2.32. The predicted molar refractivity (Wildman–Crippen MR) is 57.3 cm³/mol. The Balaban J connectivity index is 3.18. The summed E-state index contributed by atoms with van der Waals surface area (Å²) in [4.78, 5) is 1.22. The lowest BCUT2D eigenvalue weighted by Gasteiger charge is -2.11. The molecule has 1 rings (SSSR count). The predicted octanol–water partition coefficient (Wildman–Crippen LogP) is 4.19. The van der Waals surface area contributed by atoms with Gasteiger partial charge in [0.25, 0.3) is 0 Å². The minimum absolute atomic E-state index is 0.547. The van der Waals surface area contributed by atoms with E-state index in [0.717, 1.165) is 5.02 Å². The molecule has 0 bridgehead atoms. The average Bonchev–Trinajstić information content (AvgIpc) is 2.03. The fourth-order valence-electron chi connectivity index (χ4n) is 1.20. The lowest BCUT2D eigenvalue weighted by Crippen LogP contribution is -1.90. The van der Waals surface area contributed by atoms with Gasteiger partial charge in [-0.2, -0.15) is 0 Å². The van der Waals surface area contributed by atoms with E-state index < -0.39 is 0 Å². The van der Waals surface area contributed by atoms with Crippen LogP contribution in [0, 0.1) is 0 Å². The highest BCUT2D eigenvalue weighted by molar-refractivity contribution is 7.98. The van der Waals surface area contributed by atoms with Crippen molar-refractivity contribution in [1.29, 1.82) is 0 Å². The minimum Gasteiger partial charge on any atom is -0.128 e. The van der Waals surface area contributed by atoms with Gasteiger partial charge in [-0.1, -0.05) is 37.6 Å². The van der Waals surface area contributed by atoms with Crippen molar-refractivity contribution in [3.63, 3.8) is 0 Å². The molecule has 0 amide bonds. The van der Waals surface area contributed by atoms with Crippen LogP contribution in [0.2, 0.25) is 5.02 Å². The third-order valence-electron chi connectivity index (χ3n) is 1.82. The van der Waals surface area contributed by atoms with Crippen LogP contribution in [0.1, 0.15) is 25.3 Å². The zero-order chi connectivity index (χ0) is 9.14. The van der Waals surface area contributed by atoms with Crippen molar-refractivity contribution < 1.29 is 0 Å². The second-order valence-electron chi connectivity index (χ2n) is 3.02. The van der Waals surface area contributed by atoms with Gasteiger partial charge in [-0.15, -0.1) is 11.8 Å². The largest absolute Gasteiger partial charge is 0.128 e. The van der Waals surface area contributed by atoms with Gasteiger partial charge in [-0.25, -0.2) is 0 Å². The van der Waals surface area contributed by atoms with Crippen LogP contribution in [0.5, 0.6) is 0 Å². The van der Waals surface area contributed by atoms with Gasteiger partial charge in [-0.05, 0) is 23.8 Å². The summed E-state index contributed by atoms with van der Waals surface area (Å²) in [5.41, 5.74) is 1.34. The zero-order valence-corrected chi connectivity index (χ0v) is 9.17. The summed E-state index contributed by atoms with van der Waals surface area (Å²) < 4.78 is 0. The maximum atomic E-state index is 6.05. The number of hydrogen-bond donors (Lipinski definition) is 0. The summed E-state index contributed by atoms with van der Waals surface area (Å²) >= 11 is 7.77. The molecule has 0 saturated heterocycles. The monoisotopic (exact) mass is 200 g/mol. The zero-order valence-electron chi connectivity index (χ0n) is 7.60. The fourth-order valence-corrected chi connectivity index (χ4v) is 2.41. The topological polar surface area (TPSA) is 0 Å². The molecule has 0 atom stereocenters. The van der Waals surface area contributed by atoms with E-state index in [2.05, 4.69) is 26.2 Å². The summed E-state index contributed by atoms with van der Waals surface area (Å²) in [6.07, 6.45) is 2.06. The van der Waals surface area contributed by atoms with Crippen LogP contribution in [0.3, 0.4) is 0 Å².